The van der Waals surface area contributed by atoms with Crippen molar-refractivity contribution in [3.63, 3.8) is 0 Å². The van der Waals surface area contributed by atoms with Crippen LogP contribution in [0.4, 0.5) is 0 Å². The summed E-state index contributed by atoms with van der Waals surface area (Å²) in [5.41, 5.74) is 4.55. The average Bonchev–Trinajstić information content (AvgIpc) is 2.97. The van der Waals surface area contributed by atoms with Gasteiger partial charge in [0.2, 0.25) is 0 Å². The standard InChI is InChI=1S/C15H17ClN4OS2/c1-10(8-21-2)18-15(22)20-17-7-13-9-23-14(19-13)11-3-5-12(16)6-4-11/h3-7,9-10H,8H2,1-2H3,(H2,18,20,22)/b17-7-/t10-/m1/s1. The third kappa shape index (κ3) is 5.87. The molecule has 0 amide bonds. The van der Waals surface area contributed by atoms with E-state index in [1.807, 2.05) is 36.6 Å². The Labute approximate surface area is 149 Å². The van der Waals surface area contributed by atoms with E-state index in [1.165, 1.54) is 0 Å². The summed E-state index contributed by atoms with van der Waals surface area (Å²) < 4.78 is 5.03. The molecule has 0 unspecified atom stereocenters. The molecule has 0 aliphatic rings. The SMILES string of the molecule is COC[C@@H](C)NC(=S)N/N=C\c1csc(-c2ccc(Cl)cc2)n1. The third-order valence-corrected chi connectivity index (χ3v) is 4.14. The minimum absolute atomic E-state index is 0.117. The van der Waals surface area contributed by atoms with Crippen molar-refractivity contribution in [2.24, 2.45) is 5.10 Å². The smallest absolute Gasteiger partial charge is 0.187 e. The van der Waals surface area contributed by atoms with Gasteiger partial charge < -0.3 is 10.1 Å². The van der Waals surface area contributed by atoms with E-state index in [1.54, 1.807) is 24.7 Å². The van der Waals surface area contributed by atoms with Crippen LogP contribution in [0.5, 0.6) is 0 Å². The van der Waals surface area contributed by atoms with E-state index >= 15 is 0 Å². The topological polar surface area (TPSA) is 58.5 Å². The molecule has 1 aromatic heterocycles. The summed E-state index contributed by atoms with van der Waals surface area (Å²) in [6, 6.07) is 7.69. The number of halogens is 1. The number of hydrogen-bond acceptors (Lipinski definition) is 5. The van der Waals surface area contributed by atoms with Gasteiger partial charge in [-0.25, -0.2) is 4.98 Å². The number of methoxy groups -OCH3 is 1. The Bertz CT molecular complexity index is 672. The molecule has 2 aromatic rings. The predicted octanol–water partition coefficient (Wildman–Crippen LogP) is 3.30. The lowest BCUT2D eigenvalue weighted by atomic mass is 10.2. The van der Waals surface area contributed by atoms with Gasteiger partial charge in [0.25, 0.3) is 0 Å². The Morgan fingerprint density at radius 3 is 2.91 bits per heavy atom. The first-order valence-electron chi connectivity index (χ1n) is 6.88. The second kappa shape index (κ2) is 8.93. The molecular formula is C15H17ClN4OS2. The van der Waals surface area contributed by atoms with Gasteiger partial charge in [0.05, 0.1) is 18.5 Å². The zero-order chi connectivity index (χ0) is 16.7. The van der Waals surface area contributed by atoms with Crippen molar-refractivity contribution in [1.29, 1.82) is 0 Å². The number of ether oxygens (including phenoxy) is 1. The van der Waals surface area contributed by atoms with Crippen LogP contribution < -0.4 is 10.7 Å². The summed E-state index contributed by atoms with van der Waals surface area (Å²) in [6.45, 7) is 2.54. The molecule has 0 aliphatic carbocycles. The van der Waals surface area contributed by atoms with Gasteiger partial charge in [-0.15, -0.1) is 11.3 Å². The molecule has 0 spiro atoms. The van der Waals surface area contributed by atoms with Crippen LogP contribution in [-0.2, 0) is 4.74 Å². The molecule has 8 heteroatoms. The van der Waals surface area contributed by atoms with Gasteiger partial charge in [-0.05, 0) is 31.3 Å². The highest BCUT2D eigenvalue weighted by Gasteiger charge is 2.04. The second-order valence-corrected chi connectivity index (χ2v) is 6.49. The summed E-state index contributed by atoms with van der Waals surface area (Å²) in [4.78, 5) is 4.50. The van der Waals surface area contributed by atoms with Crippen molar-refractivity contribution < 1.29 is 4.74 Å². The number of rotatable bonds is 6. The molecule has 0 bridgehead atoms. The number of aromatic nitrogens is 1. The van der Waals surface area contributed by atoms with Gasteiger partial charge in [0.15, 0.2) is 5.11 Å². The zero-order valence-electron chi connectivity index (χ0n) is 12.7. The highest BCUT2D eigenvalue weighted by Crippen LogP contribution is 2.24. The van der Waals surface area contributed by atoms with Crippen LogP contribution in [0, 0.1) is 0 Å². The highest BCUT2D eigenvalue weighted by atomic mass is 35.5. The lowest BCUT2D eigenvalue weighted by molar-refractivity contribution is 0.179. The van der Waals surface area contributed by atoms with E-state index < -0.39 is 0 Å². The molecule has 1 heterocycles. The van der Waals surface area contributed by atoms with Gasteiger partial charge >= 0.3 is 0 Å². The molecule has 0 radical (unpaired) electrons. The number of nitrogens with zero attached hydrogens (tertiary/aromatic N) is 2. The van der Waals surface area contributed by atoms with E-state index in [9.17, 15) is 0 Å². The van der Waals surface area contributed by atoms with Crippen molar-refractivity contribution in [1.82, 2.24) is 15.7 Å². The van der Waals surface area contributed by atoms with E-state index in [-0.39, 0.29) is 6.04 Å². The molecule has 0 saturated carbocycles. The predicted molar refractivity (Wildman–Crippen MR) is 100 cm³/mol. The van der Waals surface area contributed by atoms with E-state index in [4.69, 9.17) is 28.6 Å². The monoisotopic (exact) mass is 368 g/mol. The second-order valence-electron chi connectivity index (χ2n) is 4.78. The first-order valence-corrected chi connectivity index (χ1v) is 8.55. The van der Waals surface area contributed by atoms with Gasteiger partial charge in [-0.1, -0.05) is 23.7 Å². The lowest BCUT2D eigenvalue weighted by Crippen LogP contribution is -2.40. The summed E-state index contributed by atoms with van der Waals surface area (Å²) in [5, 5.41) is 11.1. The average molecular weight is 369 g/mol. The quantitative estimate of drug-likeness (QED) is 0.465. The Hall–Kier alpha value is -1.54. The molecular weight excluding hydrogens is 352 g/mol. The van der Waals surface area contributed by atoms with Crippen molar-refractivity contribution in [3.8, 4) is 10.6 Å². The first kappa shape index (κ1) is 17.8. The summed E-state index contributed by atoms with van der Waals surface area (Å²) >= 11 is 12.6. The maximum Gasteiger partial charge on any atom is 0.187 e. The van der Waals surface area contributed by atoms with E-state index in [0.717, 1.165) is 16.3 Å². The molecule has 2 rings (SSSR count). The third-order valence-electron chi connectivity index (χ3n) is 2.77. The van der Waals surface area contributed by atoms with Gasteiger partial charge in [0.1, 0.15) is 5.01 Å². The Balaban J connectivity index is 1.89. The molecule has 0 aliphatic heterocycles. The minimum Gasteiger partial charge on any atom is -0.383 e. The van der Waals surface area contributed by atoms with Crippen molar-refractivity contribution in [2.75, 3.05) is 13.7 Å². The van der Waals surface area contributed by atoms with Crippen LogP contribution in [-0.4, -0.2) is 36.1 Å². The van der Waals surface area contributed by atoms with Crippen LogP contribution in [0.15, 0.2) is 34.7 Å². The number of benzene rings is 1. The number of hydrazone groups is 1. The van der Waals surface area contributed by atoms with Crippen molar-refractivity contribution >= 4 is 46.5 Å². The lowest BCUT2D eigenvalue weighted by Gasteiger charge is -2.13. The van der Waals surface area contributed by atoms with E-state index in [0.29, 0.717) is 16.7 Å². The summed E-state index contributed by atoms with van der Waals surface area (Å²) in [7, 11) is 1.65. The van der Waals surface area contributed by atoms with Gasteiger partial charge in [-0.2, -0.15) is 5.10 Å². The Kier molecular flexibility index (Phi) is 6.91. The number of thiocarbonyl (C=S) groups is 1. The molecule has 0 fully saturated rings. The number of hydrogen-bond donors (Lipinski definition) is 2. The molecule has 23 heavy (non-hydrogen) atoms. The maximum absolute atomic E-state index is 5.89. The Morgan fingerprint density at radius 1 is 1.48 bits per heavy atom. The normalized spacial score (nSPS) is 12.3. The van der Waals surface area contributed by atoms with Gasteiger partial charge in [-0.3, -0.25) is 5.43 Å². The van der Waals surface area contributed by atoms with Crippen LogP contribution >= 0.6 is 35.2 Å². The number of nitrogens with one attached hydrogen (secondary N) is 2. The van der Waals surface area contributed by atoms with Crippen LogP contribution in [0.1, 0.15) is 12.6 Å². The number of thiazole rings is 1. The minimum atomic E-state index is 0.117. The van der Waals surface area contributed by atoms with Crippen LogP contribution in [0.3, 0.4) is 0 Å². The van der Waals surface area contributed by atoms with Gasteiger partial charge in [0, 0.05) is 29.1 Å². The molecule has 122 valence electrons. The molecule has 1 aromatic carbocycles. The zero-order valence-corrected chi connectivity index (χ0v) is 15.1. The fourth-order valence-corrected chi connectivity index (χ4v) is 2.93. The maximum atomic E-state index is 5.89. The highest BCUT2D eigenvalue weighted by molar-refractivity contribution is 7.80. The van der Waals surface area contributed by atoms with Crippen molar-refractivity contribution in [3.05, 3.63) is 40.4 Å². The van der Waals surface area contributed by atoms with E-state index in [2.05, 4.69) is 20.8 Å². The molecule has 0 saturated heterocycles. The van der Waals surface area contributed by atoms with Crippen LogP contribution in [0.2, 0.25) is 5.02 Å². The van der Waals surface area contributed by atoms with Crippen LogP contribution in [0.25, 0.3) is 10.6 Å². The molecule has 1 atom stereocenters. The Morgan fingerprint density at radius 2 is 2.22 bits per heavy atom. The fraction of sp³-hybridized carbons (Fsp3) is 0.267. The fourth-order valence-electron chi connectivity index (χ4n) is 1.78. The largest absolute Gasteiger partial charge is 0.383 e. The molecule has 5 nitrogen and oxygen atoms in total. The first-order chi connectivity index (χ1) is 11.1. The molecule has 2 N–H and O–H groups in total. The summed E-state index contributed by atoms with van der Waals surface area (Å²) in [5.74, 6) is 0. The summed E-state index contributed by atoms with van der Waals surface area (Å²) in [6.07, 6.45) is 1.63. The van der Waals surface area contributed by atoms with Crippen molar-refractivity contribution in [2.45, 2.75) is 13.0 Å².